The number of fused-ring (bicyclic) bond motifs is 1. The third-order valence-corrected chi connectivity index (χ3v) is 3.71. The number of hydrogen-bond donors (Lipinski definition) is 0. The molecule has 0 saturated heterocycles. The molecule has 0 unspecified atom stereocenters. The van der Waals surface area contributed by atoms with Gasteiger partial charge in [-0.2, -0.15) is 0 Å². The van der Waals surface area contributed by atoms with Crippen LogP contribution in [0.2, 0.25) is 5.02 Å². The number of rotatable bonds is 4. The number of unbranched alkanes of at least 4 members (excludes halogenated alkanes) is 2. The van der Waals surface area contributed by atoms with E-state index in [1.54, 1.807) is 12.1 Å². The van der Waals surface area contributed by atoms with Gasteiger partial charge in [0.15, 0.2) is 0 Å². The summed E-state index contributed by atoms with van der Waals surface area (Å²) in [5, 5.41) is 0.440. The van der Waals surface area contributed by atoms with Crippen molar-refractivity contribution in [3.8, 4) is 0 Å². The molecule has 0 aromatic heterocycles. The molecule has 5 heteroatoms. The lowest BCUT2D eigenvalue weighted by molar-refractivity contribution is -0.114. The first kappa shape index (κ1) is 13.6. The number of hydrogen-bond acceptors (Lipinski definition) is 2. The van der Waals surface area contributed by atoms with Crippen LogP contribution in [-0.2, 0) is 4.79 Å². The summed E-state index contributed by atoms with van der Waals surface area (Å²) in [5.74, 6) is -0.939. The second kappa shape index (κ2) is 5.41. The Morgan fingerprint density at radius 3 is 2.67 bits per heavy atom. The van der Waals surface area contributed by atoms with Crippen molar-refractivity contribution in [2.45, 2.75) is 26.2 Å². The summed E-state index contributed by atoms with van der Waals surface area (Å²) in [6.45, 7) is 2.64. The second-order valence-electron chi connectivity index (χ2n) is 4.28. The monoisotopic (exact) mass is 329 g/mol. The molecule has 1 aromatic rings. The minimum absolute atomic E-state index is 0.399. The van der Waals surface area contributed by atoms with Crippen LogP contribution in [0.1, 0.15) is 36.5 Å². The molecule has 0 atom stereocenters. The molecule has 1 heterocycles. The summed E-state index contributed by atoms with van der Waals surface area (Å²) >= 11 is 9.42. The number of Topliss-reactive ketones (excluding diaryl/α,β-unsaturated/α-hetero) is 1. The molecule has 1 amide bonds. The molecule has 0 aliphatic carbocycles. The maximum absolute atomic E-state index is 11.9. The highest BCUT2D eigenvalue weighted by Crippen LogP contribution is 2.38. The molecule has 0 fully saturated rings. The summed E-state index contributed by atoms with van der Waals surface area (Å²) in [6, 6.07) is 3.36. The smallest absolute Gasteiger partial charge is 0.299 e. The van der Waals surface area contributed by atoms with Gasteiger partial charge in [0.25, 0.3) is 11.7 Å². The average Bonchev–Trinajstić information content (AvgIpc) is 2.55. The van der Waals surface area contributed by atoms with E-state index in [2.05, 4.69) is 22.9 Å². The molecule has 96 valence electrons. The number of benzene rings is 1. The lowest BCUT2D eigenvalue weighted by atomic mass is 10.1. The highest BCUT2D eigenvalue weighted by Gasteiger charge is 2.37. The molecule has 1 aromatic carbocycles. The van der Waals surface area contributed by atoms with Crippen LogP contribution in [0.3, 0.4) is 0 Å². The van der Waals surface area contributed by atoms with E-state index in [9.17, 15) is 9.59 Å². The third-order valence-electron chi connectivity index (χ3n) is 2.97. The predicted octanol–water partition coefficient (Wildman–Crippen LogP) is 3.82. The fraction of sp³-hybridized carbons (Fsp3) is 0.385. The average molecular weight is 331 g/mol. The van der Waals surface area contributed by atoms with Gasteiger partial charge in [-0.05, 0) is 18.6 Å². The van der Waals surface area contributed by atoms with E-state index in [0.29, 0.717) is 27.3 Å². The first-order valence-electron chi connectivity index (χ1n) is 5.91. The van der Waals surface area contributed by atoms with Crippen LogP contribution >= 0.6 is 27.5 Å². The van der Waals surface area contributed by atoms with Crippen LogP contribution in [0, 0.1) is 0 Å². The lowest BCUT2D eigenvalue weighted by Gasteiger charge is -2.17. The summed E-state index contributed by atoms with van der Waals surface area (Å²) < 4.78 is 0.711. The minimum Gasteiger partial charge on any atom is -0.303 e. The topological polar surface area (TPSA) is 37.4 Å². The highest BCUT2D eigenvalue weighted by atomic mass is 79.9. The quantitative estimate of drug-likeness (QED) is 0.621. The molecule has 0 spiro atoms. The van der Waals surface area contributed by atoms with Gasteiger partial charge in [0.2, 0.25) is 0 Å². The van der Waals surface area contributed by atoms with Crippen molar-refractivity contribution in [1.82, 2.24) is 0 Å². The molecule has 2 rings (SSSR count). The van der Waals surface area contributed by atoms with E-state index in [1.165, 1.54) is 4.90 Å². The Hall–Kier alpha value is -0.870. The molecule has 0 bridgehead atoms. The van der Waals surface area contributed by atoms with Crippen molar-refractivity contribution >= 4 is 44.9 Å². The highest BCUT2D eigenvalue weighted by molar-refractivity contribution is 9.10. The molecule has 0 N–H and O–H groups in total. The number of nitrogens with zero attached hydrogens (tertiary/aromatic N) is 1. The number of carbonyl (C=O) groups is 2. The largest absolute Gasteiger partial charge is 0.303 e. The van der Waals surface area contributed by atoms with E-state index in [-0.39, 0.29) is 0 Å². The minimum atomic E-state index is -0.471. The van der Waals surface area contributed by atoms with Gasteiger partial charge in [0, 0.05) is 11.0 Å². The molecule has 3 nitrogen and oxygen atoms in total. The molecule has 18 heavy (non-hydrogen) atoms. The number of carbonyl (C=O) groups excluding carboxylic acids is 2. The molecule has 0 radical (unpaired) electrons. The summed E-state index contributed by atoms with van der Waals surface area (Å²) in [5.41, 5.74) is 0.960. The Morgan fingerprint density at radius 2 is 2.00 bits per heavy atom. The number of amides is 1. The van der Waals surface area contributed by atoms with E-state index in [1.807, 2.05) is 0 Å². The first-order valence-corrected chi connectivity index (χ1v) is 7.08. The standard InChI is InChI=1S/C13H13BrClNO2/c1-2-3-4-5-16-11-9(12(17)13(16)18)6-8(14)7-10(11)15/h6-7H,2-5H2,1H3. The van der Waals surface area contributed by atoms with Gasteiger partial charge in [-0.1, -0.05) is 47.3 Å². The Morgan fingerprint density at radius 1 is 1.28 bits per heavy atom. The molecular formula is C13H13BrClNO2. The number of halogens is 2. The molecule has 1 aliphatic rings. The van der Waals surface area contributed by atoms with Crippen molar-refractivity contribution in [2.24, 2.45) is 0 Å². The van der Waals surface area contributed by atoms with Crippen LogP contribution in [0.25, 0.3) is 0 Å². The Kier molecular flexibility index (Phi) is 4.07. The van der Waals surface area contributed by atoms with E-state index < -0.39 is 11.7 Å². The summed E-state index contributed by atoms with van der Waals surface area (Å²) in [4.78, 5) is 25.3. The third kappa shape index (κ3) is 2.31. The van der Waals surface area contributed by atoms with Crippen molar-refractivity contribution in [3.63, 3.8) is 0 Å². The van der Waals surface area contributed by atoms with Gasteiger partial charge in [-0.25, -0.2) is 0 Å². The number of ketones is 1. The van der Waals surface area contributed by atoms with Gasteiger partial charge in [-0.15, -0.1) is 0 Å². The van der Waals surface area contributed by atoms with Crippen molar-refractivity contribution < 1.29 is 9.59 Å². The van der Waals surface area contributed by atoms with E-state index >= 15 is 0 Å². The number of anilines is 1. The van der Waals surface area contributed by atoms with Crippen LogP contribution in [0.4, 0.5) is 5.69 Å². The van der Waals surface area contributed by atoms with Crippen LogP contribution in [-0.4, -0.2) is 18.2 Å². The molecular weight excluding hydrogens is 318 g/mol. The fourth-order valence-corrected chi connectivity index (χ4v) is 3.00. The van der Waals surface area contributed by atoms with Crippen molar-refractivity contribution in [3.05, 3.63) is 27.2 Å². The maximum Gasteiger partial charge on any atom is 0.299 e. The second-order valence-corrected chi connectivity index (χ2v) is 5.60. The zero-order valence-electron chi connectivity index (χ0n) is 10.0. The zero-order chi connectivity index (χ0) is 13.3. The van der Waals surface area contributed by atoms with Gasteiger partial charge < -0.3 is 4.90 Å². The van der Waals surface area contributed by atoms with E-state index in [4.69, 9.17) is 11.6 Å². The predicted molar refractivity (Wildman–Crippen MR) is 75.4 cm³/mol. The summed E-state index contributed by atoms with van der Waals surface area (Å²) in [7, 11) is 0. The Bertz CT molecular complexity index is 516. The Labute approximate surface area is 119 Å². The van der Waals surface area contributed by atoms with Crippen LogP contribution in [0.5, 0.6) is 0 Å². The van der Waals surface area contributed by atoms with Crippen molar-refractivity contribution in [2.75, 3.05) is 11.4 Å². The van der Waals surface area contributed by atoms with Gasteiger partial charge in [-0.3, -0.25) is 9.59 Å². The lowest BCUT2D eigenvalue weighted by Crippen LogP contribution is -2.30. The zero-order valence-corrected chi connectivity index (χ0v) is 12.3. The normalized spacial score (nSPS) is 14.3. The van der Waals surface area contributed by atoms with Crippen LogP contribution in [0.15, 0.2) is 16.6 Å². The van der Waals surface area contributed by atoms with Crippen molar-refractivity contribution in [1.29, 1.82) is 0 Å². The van der Waals surface area contributed by atoms with Gasteiger partial charge in [0.05, 0.1) is 16.3 Å². The maximum atomic E-state index is 11.9. The SMILES string of the molecule is CCCCCN1C(=O)C(=O)c2cc(Br)cc(Cl)c21. The van der Waals surface area contributed by atoms with Gasteiger partial charge in [0.1, 0.15) is 0 Å². The first-order chi connectivity index (χ1) is 8.56. The van der Waals surface area contributed by atoms with Gasteiger partial charge >= 0.3 is 0 Å². The summed E-state index contributed by atoms with van der Waals surface area (Å²) in [6.07, 6.45) is 2.97. The fourth-order valence-electron chi connectivity index (χ4n) is 2.09. The van der Waals surface area contributed by atoms with E-state index in [0.717, 1.165) is 19.3 Å². The molecule has 0 saturated carbocycles. The van der Waals surface area contributed by atoms with Crippen LogP contribution < -0.4 is 4.90 Å². The Balaban J connectivity index is 2.36. The molecule has 1 aliphatic heterocycles.